The van der Waals surface area contributed by atoms with Gasteiger partial charge in [-0.2, -0.15) is 0 Å². The highest BCUT2D eigenvalue weighted by atomic mass is 16.4. The molecular weight excluding hydrogens is 164 g/mol. The Morgan fingerprint density at radius 3 is 2.17 bits per heavy atom. The zero-order valence-electron chi connectivity index (χ0n) is 6.31. The zero-order chi connectivity index (χ0) is 9.72. The molecule has 0 spiro atoms. The Hall–Kier alpha value is -0.820. The second-order valence-corrected chi connectivity index (χ2v) is 2.28. The van der Waals surface area contributed by atoms with Gasteiger partial charge >= 0.3 is 0 Å². The van der Waals surface area contributed by atoms with Crippen LogP contribution >= 0.6 is 0 Å². The number of rotatable bonds is 5. The molecule has 3 atom stereocenters. The van der Waals surface area contributed by atoms with Gasteiger partial charge in [0.1, 0.15) is 18.3 Å². The van der Waals surface area contributed by atoms with Crippen LogP contribution in [0.5, 0.6) is 0 Å². The van der Waals surface area contributed by atoms with Gasteiger partial charge in [0, 0.05) is 6.21 Å². The Morgan fingerprint density at radius 2 is 1.83 bits per heavy atom. The first-order chi connectivity index (χ1) is 5.54. The molecule has 0 saturated carbocycles. The molecule has 6 nitrogen and oxygen atoms in total. The summed E-state index contributed by atoms with van der Waals surface area (Å²) >= 11 is 0. The van der Waals surface area contributed by atoms with E-state index in [1.807, 2.05) is 0 Å². The number of hydrogen-bond acceptors (Lipinski definition) is 6. The molecule has 0 aliphatic carbocycles. The van der Waals surface area contributed by atoms with Crippen LogP contribution in [0.2, 0.25) is 0 Å². The number of aliphatic hydroxyl groups is 4. The molecule has 6 N–H and O–H groups in total. The molecule has 0 saturated heterocycles. The van der Waals surface area contributed by atoms with Crippen LogP contribution in [-0.2, 0) is 0 Å². The van der Waals surface area contributed by atoms with Crippen molar-refractivity contribution in [2.45, 2.75) is 18.3 Å². The molecule has 0 aromatic heterocycles. The van der Waals surface area contributed by atoms with E-state index in [4.69, 9.17) is 31.2 Å². The van der Waals surface area contributed by atoms with Crippen LogP contribution in [0.15, 0.2) is 0 Å². The van der Waals surface area contributed by atoms with E-state index in [-0.39, 0.29) is 0 Å². The molecule has 12 heavy (non-hydrogen) atoms. The maximum absolute atomic E-state index is 8.99. The SMILES string of the molecule is N=C[C@H](O)[C@@H](O)[C@H](O)C(=N)CO. The lowest BCUT2D eigenvalue weighted by molar-refractivity contribution is -0.00576. The Balaban J connectivity index is 4.17. The predicted molar refractivity (Wildman–Crippen MR) is 41.6 cm³/mol. The van der Waals surface area contributed by atoms with Gasteiger partial charge in [-0.25, -0.2) is 0 Å². The van der Waals surface area contributed by atoms with Crippen molar-refractivity contribution in [2.24, 2.45) is 0 Å². The summed E-state index contributed by atoms with van der Waals surface area (Å²) in [6.07, 6.45) is -4.25. The van der Waals surface area contributed by atoms with Gasteiger partial charge in [-0.3, -0.25) is 0 Å². The number of hydrogen-bond donors (Lipinski definition) is 6. The maximum Gasteiger partial charge on any atom is 0.122 e. The van der Waals surface area contributed by atoms with Crippen molar-refractivity contribution in [3.05, 3.63) is 0 Å². The van der Waals surface area contributed by atoms with E-state index in [1.54, 1.807) is 0 Å². The topological polar surface area (TPSA) is 129 Å². The minimum absolute atomic E-state index is 0.497. The van der Waals surface area contributed by atoms with Crippen LogP contribution in [0.1, 0.15) is 0 Å². The molecule has 0 aliphatic rings. The third kappa shape index (κ3) is 2.67. The molecule has 0 rings (SSSR count). The van der Waals surface area contributed by atoms with Gasteiger partial charge in [-0.05, 0) is 0 Å². The third-order valence-corrected chi connectivity index (χ3v) is 1.37. The van der Waals surface area contributed by atoms with E-state index in [0.717, 1.165) is 0 Å². The smallest absolute Gasteiger partial charge is 0.122 e. The lowest BCUT2D eigenvalue weighted by Gasteiger charge is -2.19. The van der Waals surface area contributed by atoms with E-state index >= 15 is 0 Å². The fraction of sp³-hybridized carbons (Fsp3) is 0.667. The van der Waals surface area contributed by atoms with Crippen molar-refractivity contribution in [3.63, 3.8) is 0 Å². The van der Waals surface area contributed by atoms with Crippen LogP contribution in [0.25, 0.3) is 0 Å². The van der Waals surface area contributed by atoms with Gasteiger partial charge in [0.25, 0.3) is 0 Å². The highest BCUT2D eigenvalue weighted by Crippen LogP contribution is 1.99. The second-order valence-electron chi connectivity index (χ2n) is 2.28. The molecular formula is C6H12N2O4. The Bertz CT molecular complexity index is 173. The van der Waals surface area contributed by atoms with Crippen LogP contribution in [0, 0.1) is 10.8 Å². The van der Waals surface area contributed by atoms with Gasteiger partial charge in [-0.1, -0.05) is 0 Å². The van der Waals surface area contributed by atoms with E-state index in [2.05, 4.69) is 0 Å². The fourth-order valence-corrected chi connectivity index (χ4v) is 0.585. The van der Waals surface area contributed by atoms with Crippen LogP contribution < -0.4 is 0 Å². The summed E-state index contributed by atoms with van der Waals surface area (Å²) in [6, 6.07) is 0. The predicted octanol–water partition coefficient (Wildman–Crippen LogP) is -2.27. The van der Waals surface area contributed by atoms with Crippen LogP contribution in [0.3, 0.4) is 0 Å². The van der Waals surface area contributed by atoms with Crippen molar-refractivity contribution in [1.29, 1.82) is 10.8 Å². The first-order valence-corrected chi connectivity index (χ1v) is 3.27. The van der Waals surface area contributed by atoms with Gasteiger partial charge in [0.2, 0.25) is 0 Å². The van der Waals surface area contributed by atoms with E-state index in [9.17, 15) is 0 Å². The second kappa shape index (κ2) is 4.94. The fourth-order valence-electron chi connectivity index (χ4n) is 0.585. The molecule has 0 radical (unpaired) electrons. The number of nitrogens with one attached hydrogen (secondary N) is 2. The van der Waals surface area contributed by atoms with Gasteiger partial charge in [-0.15, -0.1) is 0 Å². The van der Waals surface area contributed by atoms with E-state index in [1.165, 1.54) is 0 Å². The Morgan fingerprint density at radius 1 is 1.33 bits per heavy atom. The van der Waals surface area contributed by atoms with Crippen molar-refractivity contribution in [3.8, 4) is 0 Å². The highest BCUT2D eigenvalue weighted by Gasteiger charge is 2.25. The quantitative estimate of drug-likeness (QED) is 0.264. The monoisotopic (exact) mass is 176 g/mol. The summed E-state index contributed by atoms with van der Waals surface area (Å²) in [5.74, 6) is 0. The third-order valence-electron chi connectivity index (χ3n) is 1.37. The first-order valence-electron chi connectivity index (χ1n) is 3.27. The lowest BCUT2D eigenvalue weighted by atomic mass is 10.1. The van der Waals surface area contributed by atoms with Crippen molar-refractivity contribution in [2.75, 3.05) is 6.61 Å². The average molecular weight is 176 g/mol. The standard InChI is InChI=1S/C6H12N2O4/c7-1-4(10)6(12)5(11)3(8)2-9/h1,4-12H,2H2/t4-,5+,6+/m0/s1. The first kappa shape index (κ1) is 11.2. The minimum Gasteiger partial charge on any atom is -0.390 e. The van der Waals surface area contributed by atoms with Gasteiger partial charge in [0.05, 0.1) is 12.3 Å². The van der Waals surface area contributed by atoms with E-state index < -0.39 is 30.6 Å². The normalized spacial score (nSPS) is 18.0. The molecule has 0 fully saturated rings. The minimum atomic E-state index is -1.64. The molecule has 0 aromatic rings. The van der Waals surface area contributed by atoms with Crippen LogP contribution in [0.4, 0.5) is 0 Å². The van der Waals surface area contributed by atoms with Gasteiger partial charge in [0.15, 0.2) is 0 Å². The molecule has 6 heteroatoms. The maximum atomic E-state index is 8.99. The van der Waals surface area contributed by atoms with Gasteiger partial charge < -0.3 is 31.2 Å². The largest absolute Gasteiger partial charge is 0.390 e. The average Bonchev–Trinajstić information content (AvgIpc) is 2.12. The van der Waals surface area contributed by atoms with Crippen molar-refractivity contribution in [1.82, 2.24) is 0 Å². The highest BCUT2D eigenvalue weighted by molar-refractivity contribution is 5.87. The molecule has 0 bridgehead atoms. The summed E-state index contributed by atoms with van der Waals surface area (Å²) in [7, 11) is 0. The summed E-state index contributed by atoms with van der Waals surface area (Å²) in [5.41, 5.74) is -0.497. The summed E-state index contributed by atoms with van der Waals surface area (Å²) in [4.78, 5) is 0. The molecule has 0 heterocycles. The lowest BCUT2D eigenvalue weighted by Crippen LogP contribution is -2.43. The molecule has 0 unspecified atom stereocenters. The Kier molecular flexibility index (Phi) is 4.60. The summed E-state index contributed by atoms with van der Waals surface area (Å²) < 4.78 is 0. The van der Waals surface area contributed by atoms with E-state index in [0.29, 0.717) is 6.21 Å². The molecule has 0 aliphatic heterocycles. The number of aliphatic hydroxyl groups excluding tert-OH is 4. The molecule has 70 valence electrons. The van der Waals surface area contributed by atoms with Crippen LogP contribution in [-0.4, -0.2) is 57.3 Å². The zero-order valence-corrected chi connectivity index (χ0v) is 6.31. The van der Waals surface area contributed by atoms with Crippen molar-refractivity contribution < 1.29 is 20.4 Å². The molecule has 0 amide bonds. The molecule has 0 aromatic carbocycles. The summed E-state index contributed by atoms with van der Waals surface area (Å²) in [5, 5.41) is 48.6. The Labute approximate surface area is 69.1 Å². The summed E-state index contributed by atoms with van der Waals surface area (Å²) in [6.45, 7) is -0.692. The van der Waals surface area contributed by atoms with Crippen molar-refractivity contribution >= 4 is 11.9 Å².